The Kier molecular flexibility index (Phi) is 33.5. The SMILES string of the molecule is CC(C)C[C@H](NC(=O)[C@H](CCC(=O)O)NC(=O)[C@H](CS)NC(=O)[C@@H](N)CS)C(=O)N[C@@H](CS)C(=O)N[C@@H](CS)C(=O)N[C@@H](C)C(=O)N1CCC[C@H]1C(=O)N[C@@H](C)C(=O)N[C@@H](CS)C(=O)N[C@@H](C)C(=O)NCC(=O)N[C@@H](CS)C(=O)O. The van der Waals surface area contributed by atoms with Crippen molar-refractivity contribution in [1.82, 2.24) is 63.4 Å². The normalized spacial score (nSPS) is 17.1. The molecular formula is C45H75N13O16S6. The van der Waals surface area contributed by atoms with Crippen LogP contribution in [0.4, 0.5) is 0 Å². The van der Waals surface area contributed by atoms with Crippen molar-refractivity contribution in [2.45, 2.75) is 139 Å². The maximum atomic E-state index is 13.7. The van der Waals surface area contributed by atoms with Crippen LogP contribution in [0.15, 0.2) is 0 Å². The smallest absolute Gasteiger partial charge is 0.327 e. The standard InChI is InChI=1S/C45H75N13O16S6/c1-19(2)11-25(53-37(65)24(8-9-33(60)61)52-41(69)28(16-78)55-36(64)23(46)13-75)38(66)56-29(17-79)42(70)57-27(15-77)40(68)50-22(5)44(72)58-10-6-7-31(58)43(71)49-21(4)35(63)54-26(14-76)39(67)48-20(3)34(62)47-12-32(59)51-30(18-80)45(73)74/h19-31,75-80H,6-18,46H2,1-5H3,(H,47,62)(H,48,67)(H,49,71)(H,50,68)(H,51,59)(H,52,69)(H,53,65)(H,54,63)(H,55,64)(H,56,66)(H,57,70)(H,60,61)(H,73,74)/t20-,21-,22-,23-,24-,25-,26-,27-,28-,29-,30-,31-/m0/s1. The first-order valence-electron chi connectivity index (χ1n) is 25.0. The van der Waals surface area contributed by atoms with E-state index in [1.54, 1.807) is 13.8 Å². The molecule has 0 aliphatic carbocycles. The zero-order chi connectivity index (χ0) is 61.1. The number of amides is 12. The van der Waals surface area contributed by atoms with Crippen LogP contribution in [0.2, 0.25) is 0 Å². The van der Waals surface area contributed by atoms with Gasteiger partial charge in [0.2, 0.25) is 70.9 Å². The Morgan fingerprint density at radius 1 is 0.487 bits per heavy atom. The van der Waals surface area contributed by atoms with E-state index in [9.17, 15) is 72.2 Å². The van der Waals surface area contributed by atoms with Gasteiger partial charge >= 0.3 is 11.9 Å². The fourth-order valence-corrected chi connectivity index (χ4v) is 8.64. The molecule has 452 valence electrons. The number of carboxylic acids is 2. The van der Waals surface area contributed by atoms with Crippen LogP contribution >= 0.6 is 75.8 Å². The van der Waals surface area contributed by atoms with Crippen LogP contribution in [0.25, 0.3) is 0 Å². The minimum absolute atomic E-state index is 0.0107. The van der Waals surface area contributed by atoms with Crippen molar-refractivity contribution in [2.75, 3.05) is 47.6 Å². The van der Waals surface area contributed by atoms with Crippen LogP contribution in [0.3, 0.4) is 0 Å². The van der Waals surface area contributed by atoms with Gasteiger partial charge in [-0.2, -0.15) is 75.8 Å². The number of rotatable bonds is 35. The number of nitrogens with zero attached hydrogens (tertiary/aromatic N) is 1. The summed E-state index contributed by atoms with van der Waals surface area (Å²) < 4.78 is 0. The van der Waals surface area contributed by atoms with Crippen molar-refractivity contribution in [2.24, 2.45) is 11.7 Å². The van der Waals surface area contributed by atoms with E-state index in [-0.39, 0.29) is 59.8 Å². The molecule has 0 aromatic heterocycles. The Morgan fingerprint density at radius 2 is 0.900 bits per heavy atom. The summed E-state index contributed by atoms with van der Waals surface area (Å²) in [6, 6.07) is -15.6. The van der Waals surface area contributed by atoms with Gasteiger partial charge in [0.05, 0.1) is 12.6 Å². The van der Waals surface area contributed by atoms with Crippen LogP contribution < -0.4 is 64.2 Å². The van der Waals surface area contributed by atoms with E-state index >= 15 is 0 Å². The Morgan fingerprint density at radius 3 is 1.36 bits per heavy atom. The molecule has 1 aliphatic heterocycles. The molecule has 29 nitrogen and oxygen atoms in total. The van der Waals surface area contributed by atoms with Crippen LogP contribution in [-0.2, 0) is 67.1 Å². The lowest BCUT2D eigenvalue weighted by molar-refractivity contribution is -0.142. The summed E-state index contributed by atoms with van der Waals surface area (Å²) in [5, 5.41) is 44.8. The number of aliphatic carboxylic acids is 2. The Labute approximate surface area is 495 Å². The van der Waals surface area contributed by atoms with Crippen LogP contribution in [0.5, 0.6) is 0 Å². The van der Waals surface area contributed by atoms with E-state index in [4.69, 9.17) is 10.8 Å². The zero-order valence-corrected chi connectivity index (χ0v) is 49.9. The quantitative estimate of drug-likeness (QED) is 0.0263. The van der Waals surface area contributed by atoms with Gasteiger partial charge in [-0.05, 0) is 52.4 Å². The highest BCUT2D eigenvalue weighted by molar-refractivity contribution is 7.81. The molecule has 80 heavy (non-hydrogen) atoms. The monoisotopic (exact) mass is 1250 g/mol. The molecule has 1 saturated heterocycles. The largest absolute Gasteiger partial charge is 0.481 e. The second-order valence-corrected chi connectivity index (χ2v) is 20.9. The summed E-state index contributed by atoms with van der Waals surface area (Å²) in [7, 11) is 0. The third-order valence-corrected chi connectivity index (χ3v) is 13.9. The first-order chi connectivity index (χ1) is 37.5. The highest BCUT2D eigenvalue weighted by Gasteiger charge is 2.39. The number of carboxylic acid groups (broad SMARTS) is 2. The summed E-state index contributed by atoms with van der Waals surface area (Å²) in [5.41, 5.74) is 5.68. The lowest BCUT2D eigenvalue weighted by Gasteiger charge is -2.29. The van der Waals surface area contributed by atoms with Gasteiger partial charge in [-0.25, -0.2) is 4.79 Å². The third kappa shape index (κ3) is 24.8. The first-order valence-corrected chi connectivity index (χ1v) is 28.8. The number of hydrogen-bond donors (Lipinski definition) is 20. The summed E-state index contributed by atoms with van der Waals surface area (Å²) in [4.78, 5) is 182. The maximum absolute atomic E-state index is 13.7. The highest BCUT2D eigenvalue weighted by Crippen LogP contribution is 2.19. The van der Waals surface area contributed by atoms with Gasteiger partial charge in [0.25, 0.3) is 0 Å². The number of carbonyl (C=O) groups excluding carboxylic acids is 12. The van der Waals surface area contributed by atoms with Gasteiger partial charge in [0.15, 0.2) is 0 Å². The fraction of sp³-hybridized carbons (Fsp3) is 0.689. The molecule has 12 atom stereocenters. The summed E-state index contributed by atoms with van der Waals surface area (Å²) in [6.45, 7) is 6.86. The van der Waals surface area contributed by atoms with Gasteiger partial charge in [-0.15, -0.1) is 0 Å². The maximum Gasteiger partial charge on any atom is 0.327 e. The third-order valence-electron chi connectivity index (χ3n) is 11.7. The lowest BCUT2D eigenvalue weighted by Crippen LogP contribution is -2.61. The molecule has 0 saturated carbocycles. The predicted molar refractivity (Wildman–Crippen MR) is 309 cm³/mol. The molecule has 12 amide bonds. The van der Waals surface area contributed by atoms with Gasteiger partial charge < -0.3 is 79.3 Å². The first kappa shape index (κ1) is 72.7. The Balaban J connectivity index is 2.98. The van der Waals surface area contributed by atoms with Gasteiger partial charge in [-0.3, -0.25) is 62.3 Å². The topological polar surface area (TPSA) is 441 Å². The molecule has 0 radical (unpaired) electrons. The average Bonchev–Trinajstić information content (AvgIpc) is 3.91. The number of hydrogen-bond acceptors (Lipinski definition) is 21. The molecular weight excluding hydrogens is 1170 g/mol. The molecule has 15 N–H and O–H groups in total. The average molecular weight is 1250 g/mol. The van der Waals surface area contributed by atoms with E-state index in [2.05, 4.69) is 134 Å². The summed E-state index contributed by atoms with van der Waals surface area (Å²) >= 11 is 24.4. The van der Waals surface area contributed by atoms with Crippen molar-refractivity contribution < 1.29 is 77.3 Å². The molecule has 0 aromatic rings. The van der Waals surface area contributed by atoms with E-state index in [1.807, 2.05) is 0 Å². The molecule has 0 unspecified atom stereocenters. The minimum Gasteiger partial charge on any atom is -0.481 e. The number of likely N-dealkylation sites (tertiary alicyclic amines) is 1. The van der Waals surface area contributed by atoms with E-state index < -0.39 is 175 Å². The number of nitrogens with two attached hydrogens (primary N) is 1. The molecule has 1 aliphatic rings. The Bertz CT molecular complexity index is 2240. The number of nitrogens with one attached hydrogen (secondary N) is 11. The summed E-state index contributed by atoms with van der Waals surface area (Å²) in [5.74, 6) is -14.3. The second-order valence-electron chi connectivity index (χ2n) is 18.7. The molecule has 1 fully saturated rings. The van der Waals surface area contributed by atoms with Crippen molar-refractivity contribution in [3.63, 3.8) is 0 Å². The minimum atomic E-state index is -1.52. The van der Waals surface area contributed by atoms with Gasteiger partial charge in [0.1, 0.15) is 66.5 Å². The number of thiol groups is 6. The number of carbonyl (C=O) groups is 14. The molecule has 1 heterocycles. The van der Waals surface area contributed by atoms with E-state index in [0.717, 1.165) is 0 Å². The van der Waals surface area contributed by atoms with Crippen molar-refractivity contribution >= 4 is 159 Å². The summed E-state index contributed by atoms with van der Waals surface area (Å²) in [6.07, 6.45) is -0.489. The molecule has 35 heteroatoms. The van der Waals surface area contributed by atoms with Crippen molar-refractivity contribution in [3.05, 3.63) is 0 Å². The van der Waals surface area contributed by atoms with Crippen LogP contribution in [0.1, 0.15) is 66.7 Å². The highest BCUT2D eigenvalue weighted by atomic mass is 32.1. The van der Waals surface area contributed by atoms with Crippen LogP contribution in [-0.4, -0.2) is 218 Å². The fourth-order valence-electron chi connectivity index (χ4n) is 7.20. The lowest BCUT2D eigenvalue weighted by atomic mass is 10.0. The second kappa shape index (κ2) is 36.9. The van der Waals surface area contributed by atoms with Crippen molar-refractivity contribution in [3.8, 4) is 0 Å². The Hall–Kier alpha value is -5.36. The molecule has 1 rings (SSSR count). The zero-order valence-electron chi connectivity index (χ0n) is 44.5. The van der Waals surface area contributed by atoms with Crippen molar-refractivity contribution in [1.29, 1.82) is 0 Å². The van der Waals surface area contributed by atoms with Gasteiger partial charge in [0, 0.05) is 47.5 Å². The van der Waals surface area contributed by atoms with E-state index in [1.165, 1.54) is 25.7 Å². The predicted octanol–water partition coefficient (Wildman–Crippen LogP) is -6.10. The molecule has 0 bridgehead atoms. The molecule has 0 spiro atoms. The van der Waals surface area contributed by atoms with Gasteiger partial charge in [-0.1, -0.05) is 13.8 Å². The van der Waals surface area contributed by atoms with E-state index in [0.29, 0.717) is 6.42 Å². The molecule has 0 aromatic carbocycles. The van der Waals surface area contributed by atoms with Crippen LogP contribution in [0, 0.1) is 5.92 Å².